The van der Waals surface area contributed by atoms with Crippen LogP contribution in [0.15, 0.2) is 40.8 Å². The maximum absolute atomic E-state index is 10.3. The van der Waals surface area contributed by atoms with E-state index in [1.807, 2.05) is 18.2 Å². The minimum absolute atomic E-state index is 0.181. The number of rotatable bonds is 6. The number of phenolic OH excluding ortho intramolecular Hbond substituents is 1. The van der Waals surface area contributed by atoms with Crippen LogP contribution in [-0.2, 0) is 13.1 Å². The van der Waals surface area contributed by atoms with Crippen LogP contribution in [0.1, 0.15) is 24.3 Å². The van der Waals surface area contributed by atoms with Crippen molar-refractivity contribution in [3.05, 3.63) is 52.9 Å². The average molecular weight is 400 g/mol. The molecule has 0 unspecified atom stereocenters. The van der Waals surface area contributed by atoms with Crippen LogP contribution in [-0.4, -0.2) is 33.0 Å². The summed E-state index contributed by atoms with van der Waals surface area (Å²) in [5.74, 6) is 2.43. The van der Waals surface area contributed by atoms with Gasteiger partial charge in [0.05, 0.1) is 6.54 Å². The Balaban J connectivity index is 1.34. The first-order valence-electron chi connectivity index (χ1n) is 9.09. The quantitative estimate of drug-likeness (QED) is 0.671. The molecule has 0 radical (unpaired) electrons. The lowest BCUT2D eigenvalue weighted by molar-refractivity contribution is 0.173. The van der Waals surface area contributed by atoms with Crippen LogP contribution in [0.5, 0.6) is 17.2 Å². The van der Waals surface area contributed by atoms with E-state index in [9.17, 15) is 5.11 Å². The maximum Gasteiger partial charge on any atom is 0.247 e. The summed E-state index contributed by atoms with van der Waals surface area (Å²) in [5, 5.41) is 19.3. The predicted molar refractivity (Wildman–Crippen MR) is 101 cm³/mol. The number of aromatic hydroxyl groups is 1. The zero-order valence-corrected chi connectivity index (χ0v) is 15.7. The summed E-state index contributed by atoms with van der Waals surface area (Å²) >= 11 is 5.93. The third-order valence-electron chi connectivity index (χ3n) is 4.91. The van der Waals surface area contributed by atoms with Gasteiger partial charge in [-0.3, -0.25) is 4.90 Å². The third-order valence-corrected chi connectivity index (χ3v) is 5.16. The molecular weight excluding hydrogens is 382 g/mol. The van der Waals surface area contributed by atoms with Crippen molar-refractivity contribution in [3.8, 4) is 28.7 Å². The summed E-state index contributed by atoms with van der Waals surface area (Å²) in [6.07, 6.45) is 2.23. The van der Waals surface area contributed by atoms with Gasteiger partial charge in [-0.15, -0.1) is 10.2 Å². The summed E-state index contributed by atoms with van der Waals surface area (Å²) in [4.78, 5) is 2.23. The van der Waals surface area contributed by atoms with Gasteiger partial charge in [-0.05, 0) is 43.2 Å². The standard InChI is InChI=1S/C20H18ClN3O4/c21-14-3-1-12(2-4-14)20-23-22-19(28-20)10-24(15-5-6-15)9-13-7-17-18(8-16(13)25)27-11-26-17/h1-4,7-8,15,25H,5-6,9-11H2. The molecule has 1 aromatic heterocycles. The van der Waals surface area contributed by atoms with Gasteiger partial charge in [0.2, 0.25) is 18.6 Å². The molecule has 1 aliphatic heterocycles. The highest BCUT2D eigenvalue weighted by molar-refractivity contribution is 6.30. The van der Waals surface area contributed by atoms with Crippen molar-refractivity contribution in [2.75, 3.05) is 6.79 Å². The lowest BCUT2D eigenvalue weighted by atomic mass is 10.1. The monoisotopic (exact) mass is 399 g/mol. The molecule has 1 N–H and O–H groups in total. The number of aromatic nitrogens is 2. The molecule has 1 aliphatic carbocycles. The van der Waals surface area contributed by atoms with Crippen LogP contribution < -0.4 is 9.47 Å². The molecule has 8 heteroatoms. The number of fused-ring (bicyclic) bond motifs is 1. The normalized spacial score (nSPS) is 15.4. The van der Waals surface area contributed by atoms with Gasteiger partial charge in [-0.25, -0.2) is 0 Å². The molecule has 1 saturated carbocycles. The fraction of sp³-hybridized carbons (Fsp3) is 0.300. The molecule has 0 spiro atoms. The molecule has 3 aromatic rings. The van der Waals surface area contributed by atoms with E-state index in [1.54, 1.807) is 18.2 Å². The highest BCUT2D eigenvalue weighted by atomic mass is 35.5. The second-order valence-corrected chi connectivity index (χ2v) is 7.41. The Morgan fingerprint density at radius 3 is 2.54 bits per heavy atom. The summed E-state index contributed by atoms with van der Waals surface area (Å²) in [6, 6.07) is 11.2. The molecule has 28 heavy (non-hydrogen) atoms. The Labute approximate surface area is 166 Å². The molecule has 5 rings (SSSR count). The number of ether oxygens (including phenoxy) is 2. The number of halogens is 1. The SMILES string of the molecule is Oc1cc2c(cc1CN(Cc1nnc(-c3ccc(Cl)cc3)o1)C1CC1)OCO2. The lowest BCUT2D eigenvalue weighted by Gasteiger charge is -2.20. The second-order valence-electron chi connectivity index (χ2n) is 6.98. The largest absolute Gasteiger partial charge is 0.507 e. The van der Waals surface area contributed by atoms with Gasteiger partial charge in [0.1, 0.15) is 5.75 Å². The lowest BCUT2D eigenvalue weighted by Crippen LogP contribution is -2.25. The van der Waals surface area contributed by atoms with E-state index >= 15 is 0 Å². The van der Waals surface area contributed by atoms with Gasteiger partial charge in [-0.1, -0.05) is 11.6 Å². The van der Waals surface area contributed by atoms with Crippen molar-refractivity contribution in [2.45, 2.75) is 32.0 Å². The number of hydrogen-bond acceptors (Lipinski definition) is 7. The smallest absolute Gasteiger partial charge is 0.247 e. The maximum atomic E-state index is 10.3. The van der Waals surface area contributed by atoms with Crippen LogP contribution in [0.2, 0.25) is 5.02 Å². The zero-order valence-electron chi connectivity index (χ0n) is 15.0. The van der Waals surface area contributed by atoms with E-state index in [0.29, 0.717) is 47.4 Å². The number of hydrogen-bond donors (Lipinski definition) is 1. The van der Waals surface area contributed by atoms with Crippen molar-refractivity contribution in [1.29, 1.82) is 0 Å². The molecule has 0 atom stereocenters. The fourth-order valence-electron chi connectivity index (χ4n) is 3.27. The molecule has 2 aliphatic rings. The molecule has 1 fully saturated rings. The summed E-state index contributed by atoms with van der Waals surface area (Å²) in [5.41, 5.74) is 1.61. The van der Waals surface area contributed by atoms with Crippen molar-refractivity contribution >= 4 is 11.6 Å². The topological polar surface area (TPSA) is 80.9 Å². The Morgan fingerprint density at radius 1 is 1.04 bits per heavy atom. The van der Waals surface area contributed by atoms with Crippen LogP contribution in [0, 0.1) is 0 Å². The van der Waals surface area contributed by atoms with Gasteiger partial charge in [0.15, 0.2) is 11.5 Å². The zero-order chi connectivity index (χ0) is 19.1. The molecule has 0 saturated heterocycles. The second kappa shape index (κ2) is 7.00. The van der Waals surface area contributed by atoms with Gasteiger partial charge < -0.3 is 19.0 Å². The molecule has 7 nitrogen and oxygen atoms in total. The number of benzene rings is 2. The molecule has 2 heterocycles. The van der Waals surface area contributed by atoms with Crippen molar-refractivity contribution in [2.24, 2.45) is 0 Å². The Bertz CT molecular complexity index is 1000. The Kier molecular flexibility index (Phi) is 4.33. The minimum Gasteiger partial charge on any atom is -0.507 e. The van der Waals surface area contributed by atoms with Gasteiger partial charge >= 0.3 is 0 Å². The third kappa shape index (κ3) is 3.50. The van der Waals surface area contributed by atoms with E-state index in [2.05, 4.69) is 15.1 Å². The Hall–Kier alpha value is -2.77. The van der Waals surface area contributed by atoms with Crippen molar-refractivity contribution < 1.29 is 19.0 Å². The molecule has 144 valence electrons. The van der Waals surface area contributed by atoms with E-state index in [4.69, 9.17) is 25.5 Å². The fourth-order valence-corrected chi connectivity index (χ4v) is 3.40. The van der Waals surface area contributed by atoms with Gasteiger partial charge in [0, 0.05) is 34.8 Å². The molecular formula is C20H18ClN3O4. The van der Waals surface area contributed by atoms with Crippen LogP contribution in [0.25, 0.3) is 11.5 Å². The minimum atomic E-state index is 0.181. The summed E-state index contributed by atoms with van der Waals surface area (Å²) in [6.45, 7) is 1.25. The number of phenols is 1. The van der Waals surface area contributed by atoms with E-state index in [1.165, 1.54) is 0 Å². The molecule has 0 amide bonds. The summed E-state index contributed by atoms with van der Waals surface area (Å²) in [7, 11) is 0. The highest BCUT2D eigenvalue weighted by Crippen LogP contribution is 2.39. The van der Waals surface area contributed by atoms with E-state index in [0.717, 1.165) is 24.0 Å². The molecule has 2 aromatic carbocycles. The number of nitrogens with zero attached hydrogens (tertiary/aromatic N) is 3. The first kappa shape index (κ1) is 17.3. The van der Waals surface area contributed by atoms with Gasteiger partial charge in [0.25, 0.3) is 0 Å². The van der Waals surface area contributed by atoms with E-state index in [-0.39, 0.29) is 12.5 Å². The van der Waals surface area contributed by atoms with Crippen molar-refractivity contribution in [1.82, 2.24) is 15.1 Å². The predicted octanol–water partition coefficient (Wildman–Crippen LogP) is 3.99. The Morgan fingerprint density at radius 2 is 1.79 bits per heavy atom. The van der Waals surface area contributed by atoms with E-state index < -0.39 is 0 Å². The summed E-state index contributed by atoms with van der Waals surface area (Å²) < 4.78 is 16.6. The van der Waals surface area contributed by atoms with Crippen LogP contribution in [0.3, 0.4) is 0 Å². The van der Waals surface area contributed by atoms with Crippen LogP contribution in [0.4, 0.5) is 0 Å². The van der Waals surface area contributed by atoms with Crippen LogP contribution >= 0.6 is 11.6 Å². The molecule has 0 bridgehead atoms. The average Bonchev–Trinajstić information content (AvgIpc) is 3.27. The first-order chi connectivity index (χ1) is 13.7. The highest BCUT2D eigenvalue weighted by Gasteiger charge is 2.31. The van der Waals surface area contributed by atoms with Gasteiger partial charge in [-0.2, -0.15) is 0 Å². The van der Waals surface area contributed by atoms with Crippen molar-refractivity contribution in [3.63, 3.8) is 0 Å². The first-order valence-corrected chi connectivity index (χ1v) is 9.47.